The fourth-order valence-electron chi connectivity index (χ4n) is 1.46. The minimum Gasteiger partial charge on any atom is -0.382 e. The molecule has 16 heavy (non-hydrogen) atoms. The highest BCUT2D eigenvalue weighted by molar-refractivity contribution is 7.22. The van der Waals surface area contributed by atoms with Crippen LogP contribution in [0.3, 0.4) is 0 Å². The maximum Gasteiger partial charge on any atom is 0.183 e. The van der Waals surface area contributed by atoms with Crippen LogP contribution in [-0.2, 0) is 4.74 Å². The van der Waals surface area contributed by atoms with Gasteiger partial charge in [-0.3, -0.25) is 0 Å². The van der Waals surface area contributed by atoms with E-state index in [0.717, 1.165) is 36.8 Å². The van der Waals surface area contributed by atoms with Crippen LogP contribution in [0.4, 0.5) is 5.13 Å². The summed E-state index contributed by atoms with van der Waals surface area (Å²) in [6.45, 7) is 4.54. The van der Waals surface area contributed by atoms with E-state index in [4.69, 9.17) is 4.74 Å². The lowest BCUT2D eigenvalue weighted by Gasteiger charge is -2.01. The molecule has 0 atom stereocenters. The summed E-state index contributed by atoms with van der Waals surface area (Å²) in [7, 11) is 0. The van der Waals surface area contributed by atoms with Gasteiger partial charge in [0.15, 0.2) is 5.13 Å². The summed E-state index contributed by atoms with van der Waals surface area (Å²) in [5, 5.41) is 4.32. The Labute approximate surface area is 99.5 Å². The fraction of sp³-hybridized carbons (Fsp3) is 0.417. The van der Waals surface area contributed by atoms with Crippen LogP contribution in [0.1, 0.15) is 13.3 Å². The van der Waals surface area contributed by atoms with Crippen LogP contribution >= 0.6 is 11.3 Å². The lowest BCUT2D eigenvalue weighted by atomic mass is 10.3. The maximum atomic E-state index is 5.27. The Morgan fingerprint density at radius 1 is 1.38 bits per heavy atom. The van der Waals surface area contributed by atoms with Gasteiger partial charge in [-0.15, -0.1) is 0 Å². The first-order chi connectivity index (χ1) is 7.90. The van der Waals surface area contributed by atoms with Crippen molar-refractivity contribution in [2.45, 2.75) is 13.3 Å². The molecule has 0 aliphatic carbocycles. The molecule has 0 radical (unpaired) electrons. The molecule has 1 aromatic carbocycles. The minimum atomic E-state index is 0.793. The molecule has 0 saturated heterocycles. The average molecular weight is 236 g/mol. The standard InChI is InChI=1S/C12H16N2OS/c1-2-15-9-5-8-13-12-14-10-6-3-4-7-11(10)16-12/h3-4,6-7H,2,5,8-9H2,1H3,(H,13,14). The second-order valence-electron chi connectivity index (χ2n) is 3.46. The third kappa shape index (κ3) is 2.93. The second kappa shape index (κ2) is 5.82. The minimum absolute atomic E-state index is 0.793. The van der Waals surface area contributed by atoms with Crippen LogP contribution < -0.4 is 5.32 Å². The zero-order valence-corrected chi connectivity index (χ0v) is 10.2. The van der Waals surface area contributed by atoms with Gasteiger partial charge in [0.05, 0.1) is 10.2 Å². The molecule has 1 N–H and O–H groups in total. The van der Waals surface area contributed by atoms with E-state index in [1.807, 2.05) is 25.1 Å². The highest BCUT2D eigenvalue weighted by Crippen LogP contribution is 2.25. The van der Waals surface area contributed by atoms with Crippen molar-refractivity contribution >= 4 is 26.7 Å². The SMILES string of the molecule is CCOCCCNc1nc2ccccc2s1. The molecule has 3 nitrogen and oxygen atoms in total. The van der Waals surface area contributed by atoms with Gasteiger partial charge in [0, 0.05) is 19.8 Å². The van der Waals surface area contributed by atoms with E-state index in [0.29, 0.717) is 0 Å². The molecule has 0 aliphatic heterocycles. The molecule has 0 amide bonds. The summed E-state index contributed by atoms with van der Waals surface area (Å²) in [6.07, 6.45) is 1.02. The number of para-hydroxylation sites is 1. The number of ether oxygens (including phenoxy) is 1. The number of hydrogen-bond donors (Lipinski definition) is 1. The number of rotatable bonds is 6. The van der Waals surface area contributed by atoms with Crippen LogP contribution in [0.5, 0.6) is 0 Å². The van der Waals surface area contributed by atoms with Crippen molar-refractivity contribution in [1.29, 1.82) is 0 Å². The van der Waals surface area contributed by atoms with E-state index >= 15 is 0 Å². The molecule has 86 valence electrons. The van der Waals surface area contributed by atoms with Crippen LogP contribution in [0.2, 0.25) is 0 Å². The number of aromatic nitrogens is 1. The van der Waals surface area contributed by atoms with Crippen molar-refractivity contribution in [1.82, 2.24) is 4.98 Å². The number of nitrogens with zero attached hydrogens (tertiary/aromatic N) is 1. The number of hydrogen-bond acceptors (Lipinski definition) is 4. The predicted molar refractivity (Wildman–Crippen MR) is 69.2 cm³/mol. The number of anilines is 1. The molecular formula is C12H16N2OS. The molecule has 2 aromatic rings. The highest BCUT2D eigenvalue weighted by atomic mass is 32.1. The summed E-state index contributed by atoms with van der Waals surface area (Å²) in [5.74, 6) is 0. The lowest BCUT2D eigenvalue weighted by Crippen LogP contribution is -2.05. The van der Waals surface area contributed by atoms with Crippen LogP contribution in [-0.4, -0.2) is 24.7 Å². The molecule has 0 spiro atoms. The zero-order chi connectivity index (χ0) is 11.2. The third-order valence-corrected chi connectivity index (χ3v) is 3.23. The van der Waals surface area contributed by atoms with E-state index in [1.165, 1.54) is 4.70 Å². The molecule has 4 heteroatoms. The Hall–Kier alpha value is -1.13. The first-order valence-corrected chi connectivity index (χ1v) is 6.39. The summed E-state index contributed by atoms with van der Waals surface area (Å²) >= 11 is 1.70. The number of thiazole rings is 1. The van der Waals surface area contributed by atoms with Crippen LogP contribution in [0.25, 0.3) is 10.2 Å². The van der Waals surface area contributed by atoms with Gasteiger partial charge in [-0.2, -0.15) is 0 Å². The summed E-state index contributed by atoms with van der Waals surface area (Å²) in [4.78, 5) is 4.50. The smallest absolute Gasteiger partial charge is 0.183 e. The van der Waals surface area contributed by atoms with E-state index in [1.54, 1.807) is 11.3 Å². The van der Waals surface area contributed by atoms with E-state index in [2.05, 4.69) is 16.4 Å². The monoisotopic (exact) mass is 236 g/mol. The average Bonchev–Trinajstić information content (AvgIpc) is 2.71. The van der Waals surface area contributed by atoms with Gasteiger partial charge in [0.2, 0.25) is 0 Å². The van der Waals surface area contributed by atoms with Crippen molar-refractivity contribution in [3.63, 3.8) is 0 Å². The topological polar surface area (TPSA) is 34.1 Å². The molecule has 1 aromatic heterocycles. The molecule has 0 aliphatic rings. The fourth-order valence-corrected chi connectivity index (χ4v) is 2.35. The van der Waals surface area contributed by atoms with Crippen LogP contribution in [0, 0.1) is 0 Å². The molecule has 0 unspecified atom stereocenters. The van der Waals surface area contributed by atoms with Crippen molar-refractivity contribution in [2.75, 3.05) is 25.1 Å². The van der Waals surface area contributed by atoms with Gasteiger partial charge in [-0.25, -0.2) is 4.98 Å². The Bertz CT molecular complexity index is 408. The summed E-state index contributed by atoms with van der Waals surface area (Å²) in [6, 6.07) is 8.19. The molecule has 0 saturated carbocycles. The molecule has 0 fully saturated rings. The van der Waals surface area contributed by atoms with E-state index in [-0.39, 0.29) is 0 Å². The van der Waals surface area contributed by atoms with E-state index < -0.39 is 0 Å². The van der Waals surface area contributed by atoms with Gasteiger partial charge in [0.1, 0.15) is 0 Å². The zero-order valence-electron chi connectivity index (χ0n) is 9.40. The van der Waals surface area contributed by atoms with Crippen molar-refractivity contribution < 1.29 is 4.74 Å². The van der Waals surface area contributed by atoms with Gasteiger partial charge < -0.3 is 10.1 Å². The van der Waals surface area contributed by atoms with Crippen molar-refractivity contribution in [2.24, 2.45) is 0 Å². The number of fused-ring (bicyclic) bond motifs is 1. The molecular weight excluding hydrogens is 220 g/mol. The highest BCUT2D eigenvalue weighted by Gasteiger charge is 2.01. The Kier molecular flexibility index (Phi) is 4.13. The summed E-state index contributed by atoms with van der Waals surface area (Å²) in [5.41, 5.74) is 1.07. The lowest BCUT2D eigenvalue weighted by molar-refractivity contribution is 0.147. The number of nitrogens with one attached hydrogen (secondary N) is 1. The summed E-state index contributed by atoms with van der Waals surface area (Å²) < 4.78 is 6.50. The van der Waals surface area contributed by atoms with Crippen LogP contribution in [0.15, 0.2) is 24.3 Å². The first-order valence-electron chi connectivity index (χ1n) is 5.57. The molecule has 1 heterocycles. The largest absolute Gasteiger partial charge is 0.382 e. The maximum absolute atomic E-state index is 5.27. The molecule has 0 bridgehead atoms. The molecule has 2 rings (SSSR count). The van der Waals surface area contributed by atoms with Gasteiger partial charge in [-0.1, -0.05) is 23.5 Å². The Balaban J connectivity index is 1.85. The van der Waals surface area contributed by atoms with Crippen molar-refractivity contribution in [3.05, 3.63) is 24.3 Å². The Morgan fingerprint density at radius 2 is 2.25 bits per heavy atom. The second-order valence-corrected chi connectivity index (χ2v) is 4.49. The Morgan fingerprint density at radius 3 is 3.06 bits per heavy atom. The third-order valence-electron chi connectivity index (χ3n) is 2.24. The predicted octanol–water partition coefficient (Wildman–Crippen LogP) is 3.13. The van der Waals surface area contributed by atoms with Crippen molar-refractivity contribution in [3.8, 4) is 0 Å². The normalized spacial score (nSPS) is 10.8. The van der Waals surface area contributed by atoms with E-state index in [9.17, 15) is 0 Å². The van der Waals surface area contributed by atoms with Gasteiger partial charge in [-0.05, 0) is 25.5 Å². The first kappa shape index (κ1) is 11.4. The number of benzene rings is 1. The quantitative estimate of drug-likeness (QED) is 0.782. The van der Waals surface area contributed by atoms with Gasteiger partial charge in [0.25, 0.3) is 0 Å². The van der Waals surface area contributed by atoms with Gasteiger partial charge >= 0.3 is 0 Å².